The van der Waals surface area contributed by atoms with Gasteiger partial charge in [0.05, 0.1) is 5.56 Å². The van der Waals surface area contributed by atoms with E-state index < -0.39 is 12.1 Å². The fraction of sp³-hybridized carbons (Fsp3) is 0.714. The molecular formula is C21H35NO4S. The van der Waals surface area contributed by atoms with Crippen LogP contribution in [0.4, 0.5) is 9.80 Å². The SMILES string of the molecule is CCCCCCC(C)OC(=O)Nc1scc(C(C)CCCCC)c1C(=O)O. The number of amides is 1. The normalized spacial score (nSPS) is 13.2. The van der Waals surface area contributed by atoms with Crippen molar-refractivity contribution in [3.8, 4) is 0 Å². The van der Waals surface area contributed by atoms with Gasteiger partial charge >= 0.3 is 12.1 Å². The van der Waals surface area contributed by atoms with Gasteiger partial charge in [-0.1, -0.05) is 59.3 Å². The van der Waals surface area contributed by atoms with Crippen LogP contribution in [0, 0.1) is 0 Å². The van der Waals surface area contributed by atoms with Crippen LogP contribution in [0.25, 0.3) is 0 Å². The Morgan fingerprint density at radius 2 is 1.70 bits per heavy atom. The minimum absolute atomic E-state index is 0.156. The summed E-state index contributed by atoms with van der Waals surface area (Å²) < 4.78 is 5.38. The summed E-state index contributed by atoms with van der Waals surface area (Å²) in [4.78, 5) is 23.9. The molecule has 1 amide bonds. The summed E-state index contributed by atoms with van der Waals surface area (Å²) >= 11 is 1.26. The predicted octanol–water partition coefficient (Wildman–Crippen LogP) is 7.04. The van der Waals surface area contributed by atoms with Crippen LogP contribution in [-0.2, 0) is 4.74 Å². The zero-order chi connectivity index (χ0) is 20.2. The zero-order valence-electron chi connectivity index (χ0n) is 17.2. The maximum absolute atomic E-state index is 12.2. The Balaban J connectivity index is 2.66. The van der Waals surface area contributed by atoms with Crippen molar-refractivity contribution >= 4 is 28.4 Å². The van der Waals surface area contributed by atoms with Crippen molar-refractivity contribution in [3.05, 3.63) is 16.5 Å². The van der Waals surface area contributed by atoms with E-state index in [1.807, 2.05) is 19.2 Å². The lowest BCUT2D eigenvalue weighted by Gasteiger charge is -2.14. The molecule has 0 bridgehead atoms. The van der Waals surface area contributed by atoms with E-state index >= 15 is 0 Å². The van der Waals surface area contributed by atoms with Gasteiger partial charge in [-0.05, 0) is 43.0 Å². The molecule has 0 aliphatic carbocycles. The van der Waals surface area contributed by atoms with Crippen molar-refractivity contribution in [3.63, 3.8) is 0 Å². The van der Waals surface area contributed by atoms with Crippen molar-refractivity contribution in [2.45, 2.75) is 97.5 Å². The fourth-order valence-electron chi connectivity index (χ4n) is 3.12. The van der Waals surface area contributed by atoms with Crippen LogP contribution in [0.3, 0.4) is 0 Å². The third-order valence-electron chi connectivity index (χ3n) is 4.79. The number of rotatable bonds is 13. The molecule has 0 aliphatic rings. The average Bonchev–Trinajstić information content (AvgIpc) is 3.02. The summed E-state index contributed by atoms with van der Waals surface area (Å²) in [5, 5.41) is 14.5. The molecule has 27 heavy (non-hydrogen) atoms. The third-order valence-corrected chi connectivity index (χ3v) is 5.71. The summed E-state index contributed by atoms with van der Waals surface area (Å²) in [6.07, 6.45) is 8.90. The second-order valence-electron chi connectivity index (χ2n) is 7.29. The number of aromatic carboxylic acids is 1. The summed E-state index contributed by atoms with van der Waals surface area (Å²) in [7, 11) is 0. The van der Waals surface area contributed by atoms with Gasteiger partial charge in [-0.3, -0.25) is 5.32 Å². The molecule has 0 aliphatic heterocycles. The van der Waals surface area contributed by atoms with E-state index in [0.717, 1.165) is 50.5 Å². The van der Waals surface area contributed by atoms with E-state index in [1.54, 1.807) is 0 Å². The van der Waals surface area contributed by atoms with E-state index in [2.05, 4.69) is 19.2 Å². The smallest absolute Gasteiger partial charge is 0.412 e. The van der Waals surface area contributed by atoms with Gasteiger partial charge in [-0.2, -0.15) is 0 Å². The first-order chi connectivity index (χ1) is 12.9. The number of carboxylic acids is 1. The van der Waals surface area contributed by atoms with Crippen LogP contribution < -0.4 is 5.32 Å². The van der Waals surface area contributed by atoms with Gasteiger partial charge in [0.15, 0.2) is 0 Å². The van der Waals surface area contributed by atoms with Crippen molar-refractivity contribution in [1.82, 2.24) is 0 Å². The Kier molecular flexibility index (Phi) is 11.1. The first-order valence-electron chi connectivity index (χ1n) is 10.2. The predicted molar refractivity (Wildman–Crippen MR) is 112 cm³/mol. The van der Waals surface area contributed by atoms with E-state index in [4.69, 9.17) is 4.74 Å². The highest BCUT2D eigenvalue weighted by molar-refractivity contribution is 7.15. The minimum atomic E-state index is -1.00. The van der Waals surface area contributed by atoms with Gasteiger partial charge in [-0.25, -0.2) is 9.59 Å². The topological polar surface area (TPSA) is 75.6 Å². The Labute approximate surface area is 167 Å². The first-order valence-corrected chi connectivity index (χ1v) is 11.1. The molecule has 5 nitrogen and oxygen atoms in total. The highest BCUT2D eigenvalue weighted by Crippen LogP contribution is 2.35. The van der Waals surface area contributed by atoms with E-state index in [1.165, 1.54) is 24.2 Å². The molecule has 2 atom stereocenters. The largest absolute Gasteiger partial charge is 0.478 e. The van der Waals surface area contributed by atoms with Gasteiger partial charge in [0.25, 0.3) is 0 Å². The maximum atomic E-state index is 12.2. The number of hydrogen-bond acceptors (Lipinski definition) is 4. The summed E-state index contributed by atoms with van der Waals surface area (Å²) in [5.41, 5.74) is 1.00. The lowest BCUT2D eigenvalue weighted by molar-refractivity contribution is 0.0697. The molecule has 2 N–H and O–H groups in total. The number of unbranched alkanes of at least 4 members (excludes halogenated alkanes) is 5. The number of carbonyl (C=O) groups excluding carboxylic acids is 1. The lowest BCUT2D eigenvalue weighted by atomic mass is 9.94. The van der Waals surface area contributed by atoms with Crippen molar-refractivity contribution in [1.29, 1.82) is 0 Å². The van der Waals surface area contributed by atoms with Crippen LogP contribution >= 0.6 is 11.3 Å². The lowest BCUT2D eigenvalue weighted by Crippen LogP contribution is -2.21. The Bertz CT molecular complexity index is 585. The number of anilines is 1. The molecule has 1 aromatic rings. The number of carboxylic acid groups (broad SMARTS) is 1. The molecule has 0 saturated carbocycles. The van der Waals surface area contributed by atoms with Gasteiger partial charge in [-0.15, -0.1) is 11.3 Å². The zero-order valence-corrected chi connectivity index (χ0v) is 18.0. The monoisotopic (exact) mass is 397 g/mol. The molecule has 0 fully saturated rings. The Morgan fingerprint density at radius 3 is 2.33 bits per heavy atom. The van der Waals surface area contributed by atoms with Crippen LogP contribution in [0.5, 0.6) is 0 Å². The third kappa shape index (κ3) is 8.33. The maximum Gasteiger partial charge on any atom is 0.412 e. The molecule has 0 spiro atoms. The van der Waals surface area contributed by atoms with E-state index in [0.29, 0.717) is 5.00 Å². The van der Waals surface area contributed by atoms with Gasteiger partial charge in [0.1, 0.15) is 11.1 Å². The average molecular weight is 398 g/mol. The molecule has 2 unspecified atom stereocenters. The van der Waals surface area contributed by atoms with Gasteiger partial charge in [0, 0.05) is 0 Å². The molecule has 0 saturated heterocycles. The summed E-state index contributed by atoms with van der Waals surface area (Å²) in [6.45, 7) is 8.23. The van der Waals surface area contributed by atoms with Crippen LogP contribution in [0.15, 0.2) is 5.38 Å². The molecule has 154 valence electrons. The van der Waals surface area contributed by atoms with Crippen molar-refractivity contribution < 1.29 is 19.4 Å². The molecular weight excluding hydrogens is 362 g/mol. The van der Waals surface area contributed by atoms with Gasteiger partial charge < -0.3 is 9.84 Å². The van der Waals surface area contributed by atoms with E-state index in [-0.39, 0.29) is 17.6 Å². The standard InChI is InChI=1S/C21H35NO4S/c1-5-7-9-11-13-16(4)26-21(25)22-19-18(20(23)24)17(14-27-19)15(3)12-10-8-6-2/h14-16H,5-13H2,1-4H3,(H,22,25)(H,23,24). The quantitative estimate of drug-likeness (QED) is 0.350. The second kappa shape index (κ2) is 12.8. The molecule has 0 radical (unpaired) electrons. The number of nitrogens with one attached hydrogen (secondary N) is 1. The molecule has 1 rings (SSSR count). The highest BCUT2D eigenvalue weighted by Gasteiger charge is 2.24. The Hall–Kier alpha value is -1.56. The molecule has 6 heteroatoms. The fourth-order valence-corrected chi connectivity index (χ4v) is 4.19. The highest BCUT2D eigenvalue weighted by atomic mass is 32.1. The van der Waals surface area contributed by atoms with Crippen molar-refractivity contribution in [2.75, 3.05) is 5.32 Å². The van der Waals surface area contributed by atoms with Crippen LogP contribution in [0.1, 0.15) is 107 Å². The number of carbonyl (C=O) groups is 2. The number of thiophene rings is 1. The van der Waals surface area contributed by atoms with Crippen molar-refractivity contribution in [2.24, 2.45) is 0 Å². The summed E-state index contributed by atoms with van der Waals surface area (Å²) in [5.74, 6) is -0.848. The first kappa shape index (κ1) is 23.5. The number of ether oxygens (including phenoxy) is 1. The van der Waals surface area contributed by atoms with Crippen LogP contribution in [-0.4, -0.2) is 23.3 Å². The molecule has 0 aromatic carbocycles. The molecule has 1 aromatic heterocycles. The van der Waals surface area contributed by atoms with Gasteiger partial charge in [0.2, 0.25) is 0 Å². The van der Waals surface area contributed by atoms with E-state index in [9.17, 15) is 14.7 Å². The Morgan fingerprint density at radius 1 is 1.07 bits per heavy atom. The molecule has 1 heterocycles. The number of hydrogen-bond donors (Lipinski definition) is 2. The minimum Gasteiger partial charge on any atom is -0.478 e. The van der Waals surface area contributed by atoms with Crippen LogP contribution in [0.2, 0.25) is 0 Å². The second-order valence-corrected chi connectivity index (χ2v) is 8.17. The summed E-state index contributed by atoms with van der Waals surface area (Å²) in [6, 6.07) is 0.